The van der Waals surface area contributed by atoms with E-state index in [0.29, 0.717) is 6.61 Å². The summed E-state index contributed by atoms with van der Waals surface area (Å²) in [4.78, 5) is 0. The summed E-state index contributed by atoms with van der Waals surface area (Å²) in [6.45, 7) is 6.26. The van der Waals surface area contributed by atoms with Crippen LogP contribution in [0.2, 0.25) is 0 Å². The van der Waals surface area contributed by atoms with E-state index in [9.17, 15) is 0 Å². The van der Waals surface area contributed by atoms with Crippen molar-refractivity contribution < 1.29 is 14.2 Å². The third kappa shape index (κ3) is 4.47. The summed E-state index contributed by atoms with van der Waals surface area (Å²) in [6, 6.07) is 8.40. The van der Waals surface area contributed by atoms with Gasteiger partial charge in [0.25, 0.3) is 0 Å². The van der Waals surface area contributed by atoms with Crippen molar-refractivity contribution in [3.05, 3.63) is 29.8 Å². The lowest BCUT2D eigenvalue weighted by Gasteiger charge is -2.19. The molecule has 1 fully saturated rings. The highest BCUT2D eigenvalue weighted by atomic mass is 16.5. The topological polar surface area (TPSA) is 39.7 Å². The normalized spacial score (nSPS) is 20.3. The number of ether oxygens (including phenoxy) is 3. The first-order valence-corrected chi connectivity index (χ1v) is 7.32. The van der Waals surface area contributed by atoms with Crippen molar-refractivity contribution in [3.63, 3.8) is 0 Å². The summed E-state index contributed by atoms with van der Waals surface area (Å²) >= 11 is 0. The Morgan fingerprint density at radius 1 is 1.30 bits per heavy atom. The molecule has 0 bridgehead atoms. The van der Waals surface area contributed by atoms with Crippen LogP contribution in [0.5, 0.6) is 5.75 Å². The number of likely N-dealkylation sites (N-methyl/N-ethyl adjacent to an activating group) is 1. The molecule has 1 aliphatic rings. The fourth-order valence-electron chi connectivity index (χ4n) is 2.27. The van der Waals surface area contributed by atoms with Crippen LogP contribution in [-0.2, 0) is 9.47 Å². The van der Waals surface area contributed by atoms with Gasteiger partial charge in [-0.3, -0.25) is 0 Å². The van der Waals surface area contributed by atoms with Crippen molar-refractivity contribution in [2.24, 2.45) is 0 Å². The predicted octanol–water partition coefficient (Wildman–Crippen LogP) is 2.54. The van der Waals surface area contributed by atoms with Crippen LogP contribution in [0.25, 0.3) is 0 Å². The largest absolute Gasteiger partial charge is 0.491 e. The third-order valence-electron chi connectivity index (χ3n) is 3.39. The molecule has 2 atom stereocenters. The van der Waals surface area contributed by atoms with Crippen molar-refractivity contribution >= 4 is 0 Å². The SMILES string of the molecule is CNC(COC1CCOC1)c1ccc(OC(C)C)cc1. The Hall–Kier alpha value is -1.10. The molecule has 1 heterocycles. The van der Waals surface area contributed by atoms with Gasteiger partial charge in [-0.25, -0.2) is 0 Å². The van der Waals surface area contributed by atoms with Gasteiger partial charge in [-0.2, -0.15) is 0 Å². The molecule has 112 valence electrons. The van der Waals surface area contributed by atoms with Gasteiger partial charge in [-0.1, -0.05) is 12.1 Å². The summed E-state index contributed by atoms with van der Waals surface area (Å²) in [6.07, 6.45) is 1.44. The molecule has 1 aromatic rings. The smallest absolute Gasteiger partial charge is 0.119 e. The average molecular weight is 279 g/mol. The second-order valence-corrected chi connectivity index (χ2v) is 5.40. The summed E-state index contributed by atoms with van der Waals surface area (Å²) in [7, 11) is 1.96. The highest BCUT2D eigenvalue weighted by Gasteiger charge is 2.18. The zero-order valence-electron chi connectivity index (χ0n) is 12.6. The maximum Gasteiger partial charge on any atom is 0.119 e. The van der Waals surface area contributed by atoms with Crippen molar-refractivity contribution in [2.45, 2.75) is 38.5 Å². The summed E-state index contributed by atoms with van der Waals surface area (Å²) in [5.74, 6) is 0.906. The van der Waals surface area contributed by atoms with E-state index in [2.05, 4.69) is 17.4 Å². The molecule has 0 spiro atoms. The lowest BCUT2D eigenvalue weighted by Crippen LogP contribution is -2.25. The molecule has 20 heavy (non-hydrogen) atoms. The standard InChI is InChI=1S/C16H25NO3/c1-12(2)20-14-6-4-13(5-7-14)16(17-3)11-19-15-8-9-18-10-15/h4-7,12,15-17H,8-11H2,1-3H3. The van der Waals surface area contributed by atoms with Gasteiger partial charge in [0.2, 0.25) is 0 Å². The number of nitrogens with one attached hydrogen (secondary N) is 1. The van der Waals surface area contributed by atoms with Crippen molar-refractivity contribution in [2.75, 3.05) is 26.9 Å². The van der Waals surface area contributed by atoms with Crippen molar-refractivity contribution in [1.82, 2.24) is 5.32 Å². The molecule has 4 nitrogen and oxygen atoms in total. The van der Waals surface area contributed by atoms with E-state index in [0.717, 1.165) is 25.4 Å². The first-order valence-electron chi connectivity index (χ1n) is 7.32. The molecular formula is C16H25NO3. The number of hydrogen-bond donors (Lipinski definition) is 1. The van der Waals surface area contributed by atoms with E-state index in [1.807, 2.05) is 33.0 Å². The molecule has 0 radical (unpaired) electrons. The van der Waals surface area contributed by atoms with Crippen LogP contribution in [0.4, 0.5) is 0 Å². The minimum absolute atomic E-state index is 0.198. The monoisotopic (exact) mass is 279 g/mol. The maximum atomic E-state index is 5.89. The molecule has 1 aromatic carbocycles. The average Bonchev–Trinajstić information content (AvgIpc) is 2.94. The van der Waals surface area contributed by atoms with E-state index < -0.39 is 0 Å². The van der Waals surface area contributed by atoms with Crippen LogP contribution >= 0.6 is 0 Å². The molecule has 0 amide bonds. The first kappa shape index (κ1) is 15.3. The molecule has 0 saturated carbocycles. The molecule has 1 saturated heterocycles. The van der Waals surface area contributed by atoms with Crippen LogP contribution < -0.4 is 10.1 Å². The van der Waals surface area contributed by atoms with E-state index >= 15 is 0 Å². The lowest BCUT2D eigenvalue weighted by atomic mass is 10.1. The van der Waals surface area contributed by atoms with Gasteiger partial charge in [-0.15, -0.1) is 0 Å². The maximum absolute atomic E-state index is 5.89. The van der Waals surface area contributed by atoms with Crippen LogP contribution in [0.1, 0.15) is 31.9 Å². The van der Waals surface area contributed by atoms with Gasteiger partial charge < -0.3 is 19.5 Å². The summed E-state index contributed by atoms with van der Waals surface area (Å²) in [5.41, 5.74) is 1.21. The Kier molecular flexibility index (Phi) is 5.83. The Morgan fingerprint density at radius 3 is 2.60 bits per heavy atom. The van der Waals surface area contributed by atoms with E-state index in [-0.39, 0.29) is 18.2 Å². The van der Waals surface area contributed by atoms with Crippen LogP contribution in [0.3, 0.4) is 0 Å². The first-order chi connectivity index (χ1) is 9.69. The van der Waals surface area contributed by atoms with Crippen LogP contribution in [-0.4, -0.2) is 39.1 Å². The molecule has 1 aliphatic heterocycles. The molecule has 0 aliphatic carbocycles. The number of hydrogen-bond acceptors (Lipinski definition) is 4. The molecule has 2 rings (SSSR count). The Morgan fingerprint density at radius 2 is 2.05 bits per heavy atom. The lowest BCUT2D eigenvalue weighted by molar-refractivity contribution is 0.0308. The van der Waals surface area contributed by atoms with Crippen molar-refractivity contribution in [1.29, 1.82) is 0 Å². The van der Waals surface area contributed by atoms with Gasteiger partial charge in [0.1, 0.15) is 5.75 Å². The predicted molar refractivity (Wildman–Crippen MR) is 79.2 cm³/mol. The van der Waals surface area contributed by atoms with Gasteiger partial charge in [0.05, 0.1) is 31.5 Å². The number of benzene rings is 1. The third-order valence-corrected chi connectivity index (χ3v) is 3.39. The van der Waals surface area contributed by atoms with Gasteiger partial charge >= 0.3 is 0 Å². The molecule has 1 N–H and O–H groups in total. The Labute approximate surface area is 121 Å². The Balaban J connectivity index is 1.89. The van der Waals surface area contributed by atoms with Gasteiger partial charge in [0.15, 0.2) is 0 Å². The van der Waals surface area contributed by atoms with Gasteiger partial charge in [0, 0.05) is 6.61 Å². The zero-order valence-corrected chi connectivity index (χ0v) is 12.6. The molecule has 2 unspecified atom stereocenters. The van der Waals surface area contributed by atoms with E-state index in [1.165, 1.54) is 5.56 Å². The minimum Gasteiger partial charge on any atom is -0.491 e. The fourth-order valence-corrected chi connectivity index (χ4v) is 2.27. The van der Waals surface area contributed by atoms with Crippen LogP contribution in [0.15, 0.2) is 24.3 Å². The number of rotatable bonds is 7. The summed E-state index contributed by atoms with van der Waals surface area (Å²) in [5, 5.41) is 3.30. The van der Waals surface area contributed by atoms with E-state index in [1.54, 1.807) is 0 Å². The quantitative estimate of drug-likeness (QED) is 0.832. The Bertz CT molecular complexity index is 385. The fraction of sp³-hybridized carbons (Fsp3) is 0.625. The molecule has 4 heteroatoms. The van der Waals surface area contributed by atoms with Gasteiger partial charge in [-0.05, 0) is 45.0 Å². The zero-order chi connectivity index (χ0) is 14.4. The summed E-state index contributed by atoms with van der Waals surface area (Å²) < 4.78 is 16.9. The van der Waals surface area contributed by atoms with Crippen LogP contribution in [0, 0.1) is 0 Å². The highest BCUT2D eigenvalue weighted by molar-refractivity contribution is 5.29. The highest BCUT2D eigenvalue weighted by Crippen LogP contribution is 2.20. The van der Waals surface area contributed by atoms with Crippen molar-refractivity contribution in [3.8, 4) is 5.75 Å². The molecular weight excluding hydrogens is 254 g/mol. The minimum atomic E-state index is 0.198. The second-order valence-electron chi connectivity index (χ2n) is 5.40. The molecule has 0 aromatic heterocycles. The second kappa shape index (κ2) is 7.62. The van der Waals surface area contributed by atoms with E-state index in [4.69, 9.17) is 14.2 Å².